The zero-order valence-corrected chi connectivity index (χ0v) is 13.5. The van der Waals surface area contributed by atoms with E-state index in [-0.39, 0.29) is 11.8 Å². The second-order valence-electron chi connectivity index (χ2n) is 6.02. The minimum atomic E-state index is 0.0984. The first kappa shape index (κ1) is 14.4. The Labute approximate surface area is 138 Å². The molecule has 1 aromatic carbocycles. The smallest absolute Gasteiger partial charge is 0.228 e. The molecule has 0 atom stereocenters. The number of aromatic nitrogens is 3. The second-order valence-corrected chi connectivity index (χ2v) is 6.91. The maximum atomic E-state index is 12.4. The summed E-state index contributed by atoms with van der Waals surface area (Å²) >= 11 is 1.60. The van der Waals surface area contributed by atoms with Gasteiger partial charge in [0.05, 0.1) is 15.9 Å². The predicted octanol–water partition coefficient (Wildman–Crippen LogP) is 4.21. The normalized spacial score (nSPS) is 15.8. The van der Waals surface area contributed by atoms with E-state index in [1.54, 1.807) is 11.3 Å². The molecule has 0 unspecified atom stereocenters. The van der Waals surface area contributed by atoms with Crippen molar-refractivity contribution >= 4 is 34.0 Å². The van der Waals surface area contributed by atoms with Crippen molar-refractivity contribution in [2.75, 3.05) is 5.32 Å². The quantitative estimate of drug-likeness (QED) is 0.757. The van der Waals surface area contributed by atoms with E-state index in [9.17, 15) is 4.79 Å². The molecule has 1 aliphatic rings. The van der Waals surface area contributed by atoms with Crippen LogP contribution in [0.3, 0.4) is 0 Å². The molecule has 3 aromatic rings. The van der Waals surface area contributed by atoms with Crippen molar-refractivity contribution in [3.63, 3.8) is 0 Å². The lowest BCUT2D eigenvalue weighted by Gasteiger charge is -2.20. The van der Waals surface area contributed by atoms with Crippen LogP contribution in [0.25, 0.3) is 21.3 Å². The van der Waals surface area contributed by atoms with Crippen molar-refractivity contribution in [2.45, 2.75) is 32.1 Å². The molecule has 118 valence electrons. The number of carbonyl (C=O) groups excluding carboxylic acids is 1. The number of aromatic amines is 1. The fourth-order valence-electron chi connectivity index (χ4n) is 3.20. The number of hydrogen-bond donors (Lipinski definition) is 2. The minimum absolute atomic E-state index is 0.0984. The number of thiazole rings is 1. The molecular formula is C17H18N4OS. The standard InChI is InChI=1S/C17H18N4OS/c22-17(11-4-2-1-3-5-11)19-16-13-8-12(15-9-18-10-23-15)6-7-14(13)20-21-16/h6-11H,1-5H2,(H2,19,20,21,22). The average molecular weight is 326 g/mol. The highest BCUT2D eigenvalue weighted by molar-refractivity contribution is 7.13. The van der Waals surface area contributed by atoms with E-state index in [1.165, 1.54) is 6.42 Å². The number of carbonyl (C=O) groups is 1. The topological polar surface area (TPSA) is 70.7 Å². The Morgan fingerprint density at radius 3 is 2.91 bits per heavy atom. The molecule has 2 aromatic heterocycles. The zero-order chi connectivity index (χ0) is 15.6. The molecule has 0 bridgehead atoms. The molecular weight excluding hydrogens is 308 g/mol. The highest BCUT2D eigenvalue weighted by Crippen LogP contribution is 2.30. The summed E-state index contributed by atoms with van der Waals surface area (Å²) in [6, 6.07) is 6.09. The fourth-order valence-corrected chi connectivity index (χ4v) is 3.82. The summed E-state index contributed by atoms with van der Waals surface area (Å²) < 4.78 is 0. The Hall–Kier alpha value is -2.21. The summed E-state index contributed by atoms with van der Waals surface area (Å²) in [6.07, 6.45) is 7.37. The number of anilines is 1. The number of fused-ring (bicyclic) bond motifs is 1. The largest absolute Gasteiger partial charge is 0.308 e. The summed E-state index contributed by atoms with van der Waals surface area (Å²) in [5, 5.41) is 11.2. The number of H-pyrrole nitrogens is 1. The van der Waals surface area contributed by atoms with E-state index in [0.29, 0.717) is 5.82 Å². The third-order valence-electron chi connectivity index (χ3n) is 4.50. The molecule has 2 N–H and O–H groups in total. The highest BCUT2D eigenvalue weighted by Gasteiger charge is 2.22. The van der Waals surface area contributed by atoms with Crippen molar-refractivity contribution in [1.82, 2.24) is 15.2 Å². The van der Waals surface area contributed by atoms with E-state index in [2.05, 4.69) is 26.6 Å². The summed E-state index contributed by atoms with van der Waals surface area (Å²) in [4.78, 5) is 17.7. The van der Waals surface area contributed by atoms with Crippen LogP contribution < -0.4 is 5.32 Å². The number of amides is 1. The SMILES string of the molecule is O=C(Nc1n[nH]c2ccc(-c3cncs3)cc12)C1CCCCC1. The Balaban J connectivity index is 1.62. The van der Waals surface area contributed by atoms with Crippen molar-refractivity contribution in [1.29, 1.82) is 0 Å². The van der Waals surface area contributed by atoms with Gasteiger partial charge in [-0.2, -0.15) is 5.10 Å². The van der Waals surface area contributed by atoms with Gasteiger partial charge in [0.15, 0.2) is 5.82 Å². The second kappa shape index (κ2) is 6.12. The molecule has 6 heteroatoms. The van der Waals surface area contributed by atoms with Crippen LogP contribution in [0.2, 0.25) is 0 Å². The molecule has 0 radical (unpaired) electrons. The van der Waals surface area contributed by atoms with Gasteiger partial charge >= 0.3 is 0 Å². The van der Waals surface area contributed by atoms with Crippen LogP contribution in [0, 0.1) is 5.92 Å². The summed E-state index contributed by atoms with van der Waals surface area (Å²) in [5.41, 5.74) is 3.84. The van der Waals surface area contributed by atoms with Gasteiger partial charge in [-0.05, 0) is 30.5 Å². The van der Waals surface area contributed by atoms with E-state index in [0.717, 1.165) is 47.0 Å². The molecule has 0 saturated heterocycles. The maximum Gasteiger partial charge on any atom is 0.228 e. The first-order chi connectivity index (χ1) is 11.3. The minimum Gasteiger partial charge on any atom is -0.308 e. The van der Waals surface area contributed by atoms with Crippen molar-refractivity contribution in [3.05, 3.63) is 29.9 Å². The van der Waals surface area contributed by atoms with Crippen LogP contribution in [-0.2, 0) is 4.79 Å². The molecule has 0 spiro atoms. The predicted molar refractivity (Wildman–Crippen MR) is 92.4 cm³/mol. The van der Waals surface area contributed by atoms with Gasteiger partial charge in [-0.15, -0.1) is 11.3 Å². The van der Waals surface area contributed by atoms with Gasteiger partial charge in [-0.25, -0.2) is 0 Å². The molecule has 1 saturated carbocycles. The van der Waals surface area contributed by atoms with Gasteiger partial charge < -0.3 is 5.32 Å². The third kappa shape index (κ3) is 2.86. The number of nitrogens with one attached hydrogen (secondary N) is 2. The Morgan fingerprint density at radius 2 is 2.13 bits per heavy atom. The molecule has 4 rings (SSSR count). The monoisotopic (exact) mass is 326 g/mol. The Bertz CT molecular complexity index is 818. The average Bonchev–Trinajstić information content (AvgIpc) is 3.25. The zero-order valence-electron chi connectivity index (χ0n) is 12.7. The lowest BCUT2D eigenvalue weighted by Crippen LogP contribution is -2.24. The van der Waals surface area contributed by atoms with E-state index >= 15 is 0 Å². The van der Waals surface area contributed by atoms with Gasteiger partial charge in [0, 0.05) is 17.5 Å². The molecule has 23 heavy (non-hydrogen) atoms. The van der Waals surface area contributed by atoms with E-state index in [1.807, 2.05) is 23.8 Å². The van der Waals surface area contributed by atoms with Crippen LogP contribution in [0.1, 0.15) is 32.1 Å². The van der Waals surface area contributed by atoms with Crippen LogP contribution in [0.4, 0.5) is 5.82 Å². The molecule has 1 aliphatic carbocycles. The maximum absolute atomic E-state index is 12.4. The lowest BCUT2D eigenvalue weighted by atomic mass is 9.89. The first-order valence-corrected chi connectivity index (χ1v) is 8.87. The van der Waals surface area contributed by atoms with E-state index < -0.39 is 0 Å². The van der Waals surface area contributed by atoms with Crippen molar-refractivity contribution in [3.8, 4) is 10.4 Å². The molecule has 1 amide bonds. The Morgan fingerprint density at radius 1 is 1.26 bits per heavy atom. The van der Waals surface area contributed by atoms with Gasteiger partial charge in [-0.1, -0.05) is 25.3 Å². The van der Waals surface area contributed by atoms with Crippen LogP contribution in [-0.4, -0.2) is 21.1 Å². The van der Waals surface area contributed by atoms with Gasteiger partial charge in [0.1, 0.15) is 0 Å². The first-order valence-electron chi connectivity index (χ1n) is 7.99. The van der Waals surface area contributed by atoms with Gasteiger partial charge in [0.2, 0.25) is 5.91 Å². The van der Waals surface area contributed by atoms with Crippen LogP contribution in [0.5, 0.6) is 0 Å². The lowest BCUT2D eigenvalue weighted by molar-refractivity contribution is -0.120. The molecule has 5 nitrogen and oxygen atoms in total. The summed E-state index contributed by atoms with van der Waals surface area (Å²) in [5.74, 6) is 0.850. The highest BCUT2D eigenvalue weighted by atomic mass is 32.1. The van der Waals surface area contributed by atoms with Gasteiger partial charge in [-0.3, -0.25) is 14.9 Å². The van der Waals surface area contributed by atoms with E-state index in [4.69, 9.17) is 0 Å². The summed E-state index contributed by atoms with van der Waals surface area (Å²) in [7, 11) is 0. The van der Waals surface area contributed by atoms with Crippen molar-refractivity contribution in [2.24, 2.45) is 5.92 Å². The number of nitrogens with zero attached hydrogens (tertiary/aromatic N) is 2. The molecule has 0 aliphatic heterocycles. The van der Waals surface area contributed by atoms with Gasteiger partial charge in [0.25, 0.3) is 0 Å². The van der Waals surface area contributed by atoms with Crippen LogP contribution >= 0.6 is 11.3 Å². The number of hydrogen-bond acceptors (Lipinski definition) is 4. The third-order valence-corrected chi connectivity index (χ3v) is 5.32. The number of benzene rings is 1. The molecule has 1 fully saturated rings. The van der Waals surface area contributed by atoms with Crippen LogP contribution in [0.15, 0.2) is 29.9 Å². The summed E-state index contributed by atoms with van der Waals surface area (Å²) in [6.45, 7) is 0. The fraction of sp³-hybridized carbons (Fsp3) is 0.353. The number of rotatable bonds is 3. The molecule has 2 heterocycles. The van der Waals surface area contributed by atoms with Crippen molar-refractivity contribution < 1.29 is 4.79 Å². The Kier molecular flexibility index (Phi) is 3.83.